The van der Waals surface area contributed by atoms with Crippen LogP contribution in [0.1, 0.15) is 58.2 Å². The third kappa shape index (κ3) is 4.16. The second kappa shape index (κ2) is 7.22. The van der Waals surface area contributed by atoms with E-state index in [1.807, 2.05) is 6.07 Å². The van der Waals surface area contributed by atoms with Crippen molar-refractivity contribution in [1.29, 1.82) is 0 Å². The average molecular weight is 326 g/mol. The van der Waals surface area contributed by atoms with Gasteiger partial charge in [-0.25, -0.2) is 9.97 Å². The van der Waals surface area contributed by atoms with Crippen molar-refractivity contribution in [2.75, 3.05) is 5.32 Å². The summed E-state index contributed by atoms with van der Waals surface area (Å²) in [5.41, 5.74) is 0. The van der Waals surface area contributed by atoms with E-state index in [1.54, 1.807) is 0 Å². The monoisotopic (exact) mass is 325 g/mol. The predicted octanol–water partition coefficient (Wildman–Crippen LogP) is 4.57. The summed E-state index contributed by atoms with van der Waals surface area (Å²) >= 11 is 3.47. The maximum atomic E-state index is 4.58. The maximum absolute atomic E-state index is 4.58. The molecule has 1 aromatic rings. The van der Waals surface area contributed by atoms with E-state index in [4.69, 9.17) is 0 Å². The molecule has 1 aliphatic rings. The van der Waals surface area contributed by atoms with Crippen LogP contribution in [0.2, 0.25) is 0 Å². The number of hydrogen-bond acceptors (Lipinski definition) is 3. The minimum absolute atomic E-state index is 0.548. The summed E-state index contributed by atoms with van der Waals surface area (Å²) in [7, 11) is 0. The molecule has 0 aliphatic heterocycles. The SMILES string of the molecule is CCc1nc(Br)cc(NC(CC)C2CCCCC2)n1. The first kappa shape index (κ1) is 14.8. The largest absolute Gasteiger partial charge is 0.367 e. The molecule has 0 saturated heterocycles. The van der Waals surface area contributed by atoms with Gasteiger partial charge in [0, 0.05) is 18.5 Å². The summed E-state index contributed by atoms with van der Waals surface area (Å²) in [5, 5.41) is 3.63. The number of nitrogens with one attached hydrogen (secondary N) is 1. The standard InChI is InChI=1S/C15H24BrN3/c1-3-12(11-8-6-5-7-9-11)17-15-10-13(16)18-14(4-2)19-15/h10-12H,3-9H2,1-2H3,(H,17,18,19). The van der Waals surface area contributed by atoms with Crippen molar-refractivity contribution in [3.05, 3.63) is 16.5 Å². The van der Waals surface area contributed by atoms with E-state index in [1.165, 1.54) is 32.1 Å². The Morgan fingerprint density at radius 1 is 1.26 bits per heavy atom. The number of anilines is 1. The summed E-state index contributed by atoms with van der Waals surface area (Å²) in [6.45, 7) is 4.35. The third-order valence-electron chi connectivity index (χ3n) is 4.05. The highest BCUT2D eigenvalue weighted by Gasteiger charge is 2.22. The van der Waals surface area contributed by atoms with Crippen molar-refractivity contribution < 1.29 is 0 Å². The second-order valence-corrected chi connectivity index (χ2v) is 6.22. The highest BCUT2D eigenvalue weighted by Crippen LogP contribution is 2.29. The second-order valence-electron chi connectivity index (χ2n) is 5.40. The Balaban J connectivity index is 2.06. The van der Waals surface area contributed by atoms with Crippen molar-refractivity contribution in [2.24, 2.45) is 5.92 Å². The number of rotatable bonds is 5. The minimum atomic E-state index is 0.548. The molecule has 3 nitrogen and oxygen atoms in total. The topological polar surface area (TPSA) is 37.8 Å². The van der Waals surface area contributed by atoms with Gasteiger partial charge in [-0.2, -0.15) is 0 Å². The molecule has 1 atom stereocenters. The Morgan fingerprint density at radius 2 is 2.00 bits per heavy atom. The molecule has 1 heterocycles. The van der Waals surface area contributed by atoms with Gasteiger partial charge in [-0.1, -0.05) is 33.1 Å². The molecular formula is C15H24BrN3. The van der Waals surface area contributed by atoms with Gasteiger partial charge in [-0.05, 0) is 41.1 Å². The molecule has 0 amide bonds. The lowest BCUT2D eigenvalue weighted by atomic mass is 9.83. The van der Waals surface area contributed by atoms with Crippen molar-refractivity contribution in [3.8, 4) is 0 Å². The first-order valence-electron chi connectivity index (χ1n) is 7.53. The van der Waals surface area contributed by atoms with Gasteiger partial charge in [0.1, 0.15) is 16.2 Å². The van der Waals surface area contributed by atoms with Gasteiger partial charge in [-0.15, -0.1) is 0 Å². The Bertz CT molecular complexity index is 402. The van der Waals surface area contributed by atoms with Crippen LogP contribution in [-0.4, -0.2) is 16.0 Å². The van der Waals surface area contributed by atoms with Gasteiger partial charge in [0.05, 0.1) is 0 Å². The molecule has 106 valence electrons. The van der Waals surface area contributed by atoms with Gasteiger partial charge in [0.25, 0.3) is 0 Å². The van der Waals surface area contributed by atoms with Crippen molar-refractivity contribution in [3.63, 3.8) is 0 Å². The molecular weight excluding hydrogens is 302 g/mol. The minimum Gasteiger partial charge on any atom is -0.367 e. The van der Waals surface area contributed by atoms with Gasteiger partial charge >= 0.3 is 0 Å². The molecule has 0 radical (unpaired) electrons. The van der Waals surface area contributed by atoms with Crippen molar-refractivity contribution in [1.82, 2.24) is 9.97 Å². The molecule has 0 bridgehead atoms. The number of nitrogens with zero attached hydrogens (tertiary/aromatic N) is 2. The van der Waals surface area contributed by atoms with E-state index in [2.05, 4.69) is 45.1 Å². The zero-order valence-electron chi connectivity index (χ0n) is 12.0. The van der Waals surface area contributed by atoms with E-state index in [-0.39, 0.29) is 0 Å². The van der Waals surface area contributed by atoms with Crippen LogP contribution in [0.3, 0.4) is 0 Å². The number of halogens is 1. The number of hydrogen-bond donors (Lipinski definition) is 1. The summed E-state index contributed by atoms with van der Waals surface area (Å²) in [6, 6.07) is 2.54. The summed E-state index contributed by atoms with van der Waals surface area (Å²) in [4.78, 5) is 8.95. The van der Waals surface area contributed by atoms with Gasteiger partial charge in [-0.3, -0.25) is 0 Å². The Morgan fingerprint density at radius 3 is 2.63 bits per heavy atom. The van der Waals surface area contributed by atoms with Crippen LogP contribution in [0.5, 0.6) is 0 Å². The van der Waals surface area contributed by atoms with Crippen LogP contribution >= 0.6 is 15.9 Å². The number of aryl methyl sites for hydroxylation is 1. The summed E-state index contributed by atoms with van der Waals surface area (Å²) < 4.78 is 0.875. The van der Waals surface area contributed by atoms with Crippen molar-refractivity contribution in [2.45, 2.75) is 64.8 Å². The van der Waals surface area contributed by atoms with E-state index >= 15 is 0 Å². The molecule has 1 aliphatic carbocycles. The molecule has 0 aromatic carbocycles. The lowest BCUT2D eigenvalue weighted by Gasteiger charge is -2.30. The van der Waals surface area contributed by atoms with Gasteiger partial charge in [0.15, 0.2) is 0 Å². The first-order chi connectivity index (χ1) is 9.22. The smallest absolute Gasteiger partial charge is 0.131 e. The molecule has 1 fully saturated rings. The molecule has 1 saturated carbocycles. The molecule has 1 aromatic heterocycles. The molecule has 2 rings (SSSR count). The zero-order chi connectivity index (χ0) is 13.7. The van der Waals surface area contributed by atoms with Crippen LogP contribution < -0.4 is 5.32 Å². The molecule has 1 N–H and O–H groups in total. The quantitative estimate of drug-likeness (QED) is 0.805. The normalized spacial score (nSPS) is 18.3. The fourth-order valence-corrected chi connectivity index (χ4v) is 3.40. The highest BCUT2D eigenvalue weighted by atomic mass is 79.9. The predicted molar refractivity (Wildman–Crippen MR) is 83.4 cm³/mol. The van der Waals surface area contributed by atoms with E-state index < -0.39 is 0 Å². The van der Waals surface area contributed by atoms with Crippen LogP contribution in [0, 0.1) is 5.92 Å². The fraction of sp³-hybridized carbons (Fsp3) is 0.733. The lowest BCUT2D eigenvalue weighted by Crippen LogP contribution is -2.30. The summed E-state index contributed by atoms with van der Waals surface area (Å²) in [5.74, 6) is 2.67. The Kier molecular flexibility index (Phi) is 5.61. The van der Waals surface area contributed by atoms with Crippen molar-refractivity contribution >= 4 is 21.7 Å². The molecule has 0 spiro atoms. The maximum Gasteiger partial charge on any atom is 0.131 e. The van der Waals surface area contributed by atoms with Crippen LogP contribution in [0.15, 0.2) is 10.7 Å². The molecule has 19 heavy (non-hydrogen) atoms. The molecule has 4 heteroatoms. The first-order valence-corrected chi connectivity index (χ1v) is 8.32. The average Bonchev–Trinajstić information content (AvgIpc) is 2.45. The fourth-order valence-electron chi connectivity index (χ4n) is 2.98. The van der Waals surface area contributed by atoms with Crippen LogP contribution in [-0.2, 0) is 6.42 Å². The lowest BCUT2D eigenvalue weighted by molar-refractivity contribution is 0.312. The van der Waals surface area contributed by atoms with Gasteiger partial charge < -0.3 is 5.32 Å². The van der Waals surface area contributed by atoms with Crippen LogP contribution in [0.25, 0.3) is 0 Å². The van der Waals surface area contributed by atoms with E-state index in [0.717, 1.165) is 35.0 Å². The third-order valence-corrected chi connectivity index (χ3v) is 4.46. The van der Waals surface area contributed by atoms with Gasteiger partial charge in [0.2, 0.25) is 0 Å². The highest BCUT2D eigenvalue weighted by molar-refractivity contribution is 9.10. The van der Waals surface area contributed by atoms with E-state index in [9.17, 15) is 0 Å². The molecule has 1 unspecified atom stereocenters. The Hall–Kier alpha value is -0.640. The summed E-state index contributed by atoms with van der Waals surface area (Å²) in [6.07, 6.45) is 8.93. The number of aromatic nitrogens is 2. The van der Waals surface area contributed by atoms with E-state index in [0.29, 0.717) is 6.04 Å². The van der Waals surface area contributed by atoms with Crippen LogP contribution in [0.4, 0.5) is 5.82 Å². The Labute approximate surface area is 124 Å². The zero-order valence-corrected chi connectivity index (χ0v) is 13.5.